The van der Waals surface area contributed by atoms with Gasteiger partial charge < -0.3 is 5.32 Å². The molecule has 0 spiro atoms. The highest BCUT2D eigenvalue weighted by Gasteiger charge is 2.54. The normalized spacial score (nSPS) is 28.9. The summed E-state index contributed by atoms with van der Waals surface area (Å²) in [7, 11) is 0. The van der Waals surface area contributed by atoms with E-state index in [1.165, 1.54) is 19.3 Å². The third kappa shape index (κ3) is 3.10. The molecular formula is C25H25Cl2N3O. The van der Waals surface area contributed by atoms with Crippen LogP contribution in [0.15, 0.2) is 36.5 Å². The van der Waals surface area contributed by atoms with Crippen LogP contribution >= 0.6 is 23.2 Å². The van der Waals surface area contributed by atoms with Crippen LogP contribution in [0.2, 0.25) is 10.0 Å². The lowest BCUT2D eigenvalue weighted by Gasteiger charge is -2.55. The Balaban J connectivity index is 1.44. The average molecular weight is 454 g/mol. The number of aryl methyl sites for hydroxylation is 1. The number of pyridine rings is 1. The quantitative estimate of drug-likeness (QED) is 0.475. The molecule has 4 aliphatic rings. The average Bonchev–Trinajstić information content (AvgIpc) is 3.09. The van der Waals surface area contributed by atoms with Gasteiger partial charge in [0.15, 0.2) is 0 Å². The van der Waals surface area contributed by atoms with Crippen molar-refractivity contribution in [3.63, 3.8) is 0 Å². The Hall–Kier alpha value is -2.04. The SMILES string of the molecule is Cc1cccn2c(NC(=O)C34CC5CC(CC(C5)C3)C4)c(-c3ccc(Cl)c(Cl)c3)nc12. The number of anilines is 1. The first-order valence-corrected chi connectivity index (χ1v) is 11.9. The first kappa shape index (κ1) is 19.6. The van der Waals surface area contributed by atoms with Crippen LogP contribution in [-0.2, 0) is 4.79 Å². The third-order valence-corrected chi connectivity index (χ3v) is 8.53. The first-order chi connectivity index (χ1) is 14.9. The molecule has 3 aromatic rings. The molecule has 0 saturated heterocycles. The number of carbonyl (C=O) groups is 1. The van der Waals surface area contributed by atoms with Crippen LogP contribution in [0.25, 0.3) is 16.9 Å². The van der Waals surface area contributed by atoms with Gasteiger partial charge in [-0.3, -0.25) is 9.20 Å². The summed E-state index contributed by atoms with van der Waals surface area (Å²) in [6.45, 7) is 2.03. The van der Waals surface area contributed by atoms with Gasteiger partial charge in [-0.2, -0.15) is 0 Å². The number of hydrogen-bond donors (Lipinski definition) is 1. The summed E-state index contributed by atoms with van der Waals surface area (Å²) in [5.41, 5.74) is 3.24. The van der Waals surface area contributed by atoms with E-state index in [0.29, 0.717) is 10.0 Å². The molecule has 31 heavy (non-hydrogen) atoms. The maximum absolute atomic E-state index is 13.8. The number of halogens is 2. The van der Waals surface area contributed by atoms with Crippen LogP contribution in [0.4, 0.5) is 5.82 Å². The van der Waals surface area contributed by atoms with Gasteiger partial charge in [0.1, 0.15) is 17.2 Å². The molecule has 4 nitrogen and oxygen atoms in total. The molecule has 6 heteroatoms. The fourth-order valence-corrected chi connectivity index (χ4v) is 7.10. The number of aromatic nitrogens is 2. The Kier molecular flexibility index (Phi) is 4.42. The van der Waals surface area contributed by atoms with Crippen molar-refractivity contribution < 1.29 is 4.79 Å². The van der Waals surface area contributed by atoms with E-state index in [1.807, 2.05) is 41.8 Å². The second kappa shape index (κ2) is 6.98. The number of carbonyl (C=O) groups excluding carboxylic acids is 1. The van der Waals surface area contributed by atoms with E-state index in [-0.39, 0.29) is 11.3 Å². The van der Waals surface area contributed by atoms with Crippen molar-refractivity contribution in [2.75, 3.05) is 5.32 Å². The standard InChI is InChI=1S/C25H25Cl2N3O/c1-14-3-2-6-30-22(14)28-21(18-4-5-19(26)20(27)10-18)23(30)29-24(31)25-11-15-7-16(12-25)9-17(8-15)13-25/h2-6,10,15-17H,7-9,11-13H2,1H3,(H,29,31). The molecule has 4 fully saturated rings. The summed E-state index contributed by atoms with van der Waals surface area (Å²) in [5, 5.41) is 4.32. The maximum Gasteiger partial charge on any atom is 0.231 e. The highest BCUT2D eigenvalue weighted by Crippen LogP contribution is 2.60. The van der Waals surface area contributed by atoms with E-state index in [9.17, 15) is 4.79 Å². The van der Waals surface area contributed by atoms with Crippen molar-refractivity contribution in [1.82, 2.24) is 9.38 Å². The van der Waals surface area contributed by atoms with Gasteiger partial charge in [0.05, 0.1) is 15.5 Å². The smallest absolute Gasteiger partial charge is 0.231 e. The highest BCUT2D eigenvalue weighted by atomic mass is 35.5. The molecule has 4 saturated carbocycles. The van der Waals surface area contributed by atoms with Gasteiger partial charge in [-0.25, -0.2) is 4.98 Å². The van der Waals surface area contributed by atoms with Crippen molar-refractivity contribution in [1.29, 1.82) is 0 Å². The second-order valence-electron chi connectivity index (χ2n) is 9.97. The molecule has 0 unspecified atom stereocenters. The minimum Gasteiger partial charge on any atom is -0.309 e. The molecule has 1 N–H and O–H groups in total. The van der Waals surface area contributed by atoms with Crippen molar-refractivity contribution in [2.24, 2.45) is 23.2 Å². The minimum absolute atomic E-state index is 0.163. The number of fused-ring (bicyclic) bond motifs is 1. The van der Waals surface area contributed by atoms with Crippen molar-refractivity contribution in [3.05, 3.63) is 52.1 Å². The molecule has 0 radical (unpaired) electrons. The molecule has 4 bridgehead atoms. The van der Waals surface area contributed by atoms with Crippen LogP contribution in [0.1, 0.15) is 44.1 Å². The fourth-order valence-electron chi connectivity index (χ4n) is 6.80. The summed E-state index contributed by atoms with van der Waals surface area (Å²) >= 11 is 12.5. The molecule has 4 aliphatic carbocycles. The number of nitrogens with zero attached hydrogens (tertiary/aromatic N) is 2. The predicted molar refractivity (Wildman–Crippen MR) is 125 cm³/mol. The van der Waals surface area contributed by atoms with Gasteiger partial charge in [0.25, 0.3) is 0 Å². The number of rotatable bonds is 3. The largest absolute Gasteiger partial charge is 0.309 e. The van der Waals surface area contributed by atoms with E-state index < -0.39 is 0 Å². The van der Waals surface area contributed by atoms with Crippen molar-refractivity contribution in [3.8, 4) is 11.3 Å². The Morgan fingerprint density at radius 3 is 2.39 bits per heavy atom. The van der Waals surface area contributed by atoms with Gasteiger partial charge >= 0.3 is 0 Å². The highest BCUT2D eigenvalue weighted by molar-refractivity contribution is 6.42. The summed E-state index contributed by atoms with van der Waals surface area (Å²) in [5.74, 6) is 3.04. The van der Waals surface area contributed by atoms with E-state index >= 15 is 0 Å². The summed E-state index contributed by atoms with van der Waals surface area (Å²) in [4.78, 5) is 18.7. The molecular weight excluding hydrogens is 429 g/mol. The topological polar surface area (TPSA) is 46.4 Å². The molecule has 0 atom stereocenters. The molecule has 160 valence electrons. The van der Waals surface area contributed by atoms with Crippen LogP contribution in [-0.4, -0.2) is 15.3 Å². The minimum atomic E-state index is -0.225. The molecule has 1 amide bonds. The predicted octanol–water partition coefficient (Wildman–Crippen LogP) is 6.77. The number of amides is 1. The lowest BCUT2D eigenvalue weighted by Crippen LogP contribution is -2.51. The monoisotopic (exact) mass is 453 g/mol. The van der Waals surface area contributed by atoms with Crippen molar-refractivity contribution in [2.45, 2.75) is 45.4 Å². The molecule has 1 aromatic carbocycles. The van der Waals surface area contributed by atoms with Gasteiger partial charge in [0, 0.05) is 11.8 Å². The third-order valence-electron chi connectivity index (χ3n) is 7.79. The zero-order chi connectivity index (χ0) is 21.3. The Bertz CT molecular complexity index is 1180. The number of imidazole rings is 1. The lowest BCUT2D eigenvalue weighted by atomic mass is 9.49. The van der Waals surface area contributed by atoms with Crippen LogP contribution in [0.3, 0.4) is 0 Å². The second-order valence-corrected chi connectivity index (χ2v) is 10.8. The van der Waals surface area contributed by atoms with Crippen LogP contribution < -0.4 is 5.32 Å². The zero-order valence-electron chi connectivity index (χ0n) is 17.5. The van der Waals surface area contributed by atoms with Crippen LogP contribution in [0.5, 0.6) is 0 Å². The first-order valence-electron chi connectivity index (χ1n) is 11.2. The summed E-state index contributed by atoms with van der Waals surface area (Å²) < 4.78 is 1.99. The molecule has 7 rings (SSSR count). The van der Waals surface area contributed by atoms with E-state index in [1.54, 1.807) is 6.07 Å². The fraction of sp³-hybridized carbons (Fsp3) is 0.440. The number of hydrogen-bond acceptors (Lipinski definition) is 2. The van der Waals surface area contributed by atoms with Gasteiger partial charge in [-0.05, 0) is 87.0 Å². The number of nitrogens with one attached hydrogen (secondary N) is 1. The zero-order valence-corrected chi connectivity index (χ0v) is 19.0. The van der Waals surface area contributed by atoms with E-state index in [2.05, 4.69) is 5.32 Å². The van der Waals surface area contributed by atoms with Gasteiger partial charge in [0.2, 0.25) is 5.91 Å². The summed E-state index contributed by atoms with van der Waals surface area (Å²) in [6.07, 6.45) is 9.00. The molecule has 0 aliphatic heterocycles. The van der Waals surface area contributed by atoms with Gasteiger partial charge in [-0.15, -0.1) is 0 Å². The lowest BCUT2D eigenvalue weighted by molar-refractivity contribution is -0.140. The number of benzene rings is 1. The van der Waals surface area contributed by atoms with E-state index in [0.717, 1.165) is 65.3 Å². The van der Waals surface area contributed by atoms with Crippen molar-refractivity contribution >= 4 is 40.6 Å². The maximum atomic E-state index is 13.8. The molecule has 2 heterocycles. The Morgan fingerprint density at radius 1 is 1.06 bits per heavy atom. The Labute approximate surface area is 192 Å². The molecule has 2 aromatic heterocycles. The van der Waals surface area contributed by atoms with E-state index in [4.69, 9.17) is 28.2 Å². The Morgan fingerprint density at radius 2 is 1.74 bits per heavy atom. The van der Waals surface area contributed by atoms with Gasteiger partial charge in [-0.1, -0.05) is 35.3 Å². The summed E-state index contributed by atoms with van der Waals surface area (Å²) in [6, 6.07) is 9.53. The van der Waals surface area contributed by atoms with Crippen LogP contribution in [0, 0.1) is 30.1 Å².